The maximum absolute atomic E-state index is 10.8. The molecule has 4 heteroatoms. The van der Waals surface area contributed by atoms with Gasteiger partial charge in [0.05, 0.1) is 0 Å². The Hall–Kier alpha value is -1.58. The van der Waals surface area contributed by atoms with Crippen molar-refractivity contribution in [3.63, 3.8) is 0 Å². The number of hydrogen-bond acceptors (Lipinski definition) is 2. The molecule has 4 nitrogen and oxygen atoms in total. The first-order chi connectivity index (χ1) is 8.20. The van der Waals surface area contributed by atoms with Gasteiger partial charge in [-0.05, 0) is 25.0 Å². The lowest BCUT2D eigenvalue weighted by molar-refractivity contribution is -0.117. The summed E-state index contributed by atoms with van der Waals surface area (Å²) in [5.41, 5.74) is 0. The fourth-order valence-corrected chi connectivity index (χ4v) is 1.35. The van der Waals surface area contributed by atoms with Crippen molar-refractivity contribution in [2.45, 2.75) is 32.1 Å². The summed E-state index contributed by atoms with van der Waals surface area (Å²) in [6, 6.07) is 0. The molecule has 0 rings (SSSR count). The molecule has 2 amide bonds. The SMILES string of the molecule is C=CC(=O)NCCCCCCCNC(=O)C=C. The Bertz CT molecular complexity index is 236. The number of hydrogen-bond donors (Lipinski definition) is 2. The minimum absolute atomic E-state index is 0.114. The molecule has 0 saturated carbocycles. The number of amides is 2. The van der Waals surface area contributed by atoms with Crippen LogP contribution in [0.25, 0.3) is 0 Å². The molecule has 0 saturated heterocycles. The number of rotatable bonds is 10. The van der Waals surface area contributed by atoms with E-state index in [1.54, 1.807) is 0 Å². The predicted octanol–water partition coefficient (Wildman–Crippen LogP) is 1.54. The molecule has 0 aliphatic heterocycles. The standard InChI is InChI=1S/C13H22N2O2/c1-3-12(16)14-10-8-6-5-7-9-11-15-13(17)4-2/h3-4H,1-2,5-11H2,(H,14,16)(H,15,17). The second-order valence-electron chi connectivity index (χ2n) is 3.76. The van der Waals surface area contributed by atoms with Crippen molar-refractivity contribution in [1.29, 1.82) is 0 Å². The Balaban J connectivity index is 3.13. The van der Waals surface area contributed by atoms with E-state index in [-0.39, 0.29) is 11.8 Å². The van der Waals surface area contributed by atoms with Crippen LogP contribution in [0.15, 0.2) is 25.3 Å². The molecule has 0 spiro atoms. The molecule has 96 valence electrons. The fraction of sp³-hybridized carbons (Fsp3) is 0.538. The molecule has 17 heavy (non-hydrogen) atoms. The smallest absolute Gasteiger partial charge is 0.243 e. The molecule has 0 radical (unpaired) electrons. The fourth-order valence-electron chi connectivity index (χ4n) is 1.35. The third-order valence-electron chi connectivity index (χ3n) is 2.32. The number of nitrogens with one attached hydrogen (secondary N) is 2. The van der Waals surface area contributed by atoms with Crippen LogP contribution in [0, 0.1) is 0 Å². The highest BCUT2D eigenvalue weighted by molar-refractivity contribution is 5.87. The predicted molar refractivity (Wildman–Crippen MR) is 69.5 cm³/mol. The van der Waals surface area contributed by atoms with Crippen LogP contribution in [-0.4, -0.2) is 24.9 Å². The van der Waals surface area contributed by atoms with Gasteiger partial charge >= 0.3 is 0 Å². The molecule has 0 aromatic rings. The molecule has 0 aliphatic rings. The van der Waals surface area contributed by atoms with Crippen molar-refractivity contribution in [3.8, 4) is 0 Å². The van der Waals surface area contributed by atoms with Crippen molar-refractivity contribution in [1.82, 2.24) is 10.6 Å². The summed E-state index contributed by atoms with van der Waals surface area (Å²) in [5, 5.41) is 5.46. The van der Waals surface area contributed by atoms with Gasteiger partial charge in [-0.2, -0.15) is 0 Å². The lowest BCUT2D eigenvalue weighted by Crippen LogP contribution is -2.22. The van der Waals surface area contributed by atoms with E-state index in [1.165, 1.54) is 12.2 Å². The van der Waals surface area contributed by atoms with Gasteiger partial charge in [-0.15, -0.1) is 0 Å². The van der Waals surface area contributed by atoms with Gasteiger partial charge in [-0.3, -0.25) is 9.59 Å². The van der Waals surface area contributed by atoms with E-state index in [1.807, 2.05) is 0 Å². The molecule has 0 bridgehead atoms. The van der Waals surface area contributed by atoms with Gasteiger partial charge in [0.1, 0.15) is 0 Å². The molecular weight excluding hydrogens is 216 g/mol. The molecule has 0 aliphatic carbocycles. The number of unbranched alkanes of at least 4 members (excludes halogenated alkanes) is 4. The van der Waals surface area contributed by atoms with Crippen LogP contribution in [0.4, 0.5) is 0 Å². The average Bonchev–Trinajstić information content (AvgIpc) is 2.35. The molecule has 0 unspecified atom stereocenters. The largest absolute Gasteiger partial charge is 0.353 e. The van der Waals surface area contributed by atoms with Crippen molar-refractivity contribution in [2.24, 2.45) is 0 Å². The van der Waals surface area contributed by atoms with E-state index in [0.717, 1.165) is 32.1 Å². The van der Waals surface area contributed by atoms with Crippen molar-refractivity contribution in [3.05, 3.63) is 25.3 Å². The minimum Gasteiger partial charge on any atom is -0.353 e. The maximum atomic E-state index is 10.8. The topological polar surface area (TPSA) is 58.2 Å². The summed E-state index contributed by atoms with van der Waals surface area (Å²) in [7, 11) is 0. The third kappa shape index (κ3) is 10.7. The normalized spacial score (nSPS) is 9.41. The van der Waals surface area contributed by atoms with Crippen LogP contribution in [0.2, 0.25) is 0 Å². The second kappa shape index (κ2) is 10.9. The van der Waals surface area contributed by atoms with Crippen LogP contribution < -0.4 is 10.6 Å². The first kappa shape index (κ1) is 15.4. The van der Waals surface area contributed by atoms with E-state index in [9.17, 15) is 9.59 Å². The highest BCUT2D eigenvalue weighted by Crippen LogP contribution is 2.01. The Kier molecular flexibility index (Phi) is 9.91. The van der Waals surface area contributed by atoms with Crippen LogP contribution in [-0.2, 0) is 9.59 Å². The lowest BCUT2D eigenvalue weighted by Gasteiger charge is -2.03. The lowest BCUT2D eigenvalue weighted by atomic mass is 10.1. The average molecular weight is 238 g/mol. The molecule has 0 fully saturated rings. The quantitative estimate of drug-likeness (QED) is 0.448. The highest BCUT2D eigenvalue weighted by atomic mass is 16.2. The van der Waals surface area contributed by atoms with E-state index in [4.69, 9.17) is 0 Å². The van der Waals surface area contributed by atoms with Gasteiger partial charge in [-0.1, -0.05) is 32.4 Å². The van der Waals surface area contributed by atoms with Crippen molar-refractivity contribution in [2.75, 3.05) is 13.1 Å². The summed E-state index contributed by atoms with van der Waals surface area (Å²) >= 11 is 0. The van der Waals surface area contributed by atoms with Crippen molar-refractivity contribution >= 4 is 11.8 Å². The molecule has 0 atom stereocenters. The van der Waals surface area contributed by atoms with Crippen LogP contribution >= 0.6 is 0 Å². The van der Waals surface area contributed by atoms with E-state index in [0.29, 0.717) is 13.1 Å². The second-order valence-corrected chi connectivity index (χ2v) is 3.76. The first-order valence-electron chi connectivity index (χ1n) is 6.01. The van der Waals surface area contributed by atoms with Gasteiger partial charge in [0, 0.05) is 13.1 Å². The van der Waals surface area contributed by atoms with Gasteiger partial charge in [0.25, 0.3) is 0 Å². The number of carbonyl (C=O) groups excluding carboxylic acids is 2. The zero-order valence-corrected chi connectivity index (χ0v) is 10.3. The Morgan fingerprint density at radius 2 is 1.12 bits per heavy atom. The summed E-state index contributed by atoms with van der Waals surface area (Å²) < 4.78 is 0. The molecule has 2 N–H and O–H groups in total. The van der Waals surface area contributed by atoms with Crippen molar-refractivity contribution < 1.29 is 9.59 Å². The first-order valence-corrected chi connectivity index (χ1v) is 6.01. The molecule has 0 aromatic carbocycles. The monoisotopic (exact) mass is 238 g/mol. The minimum atomic E-state index is -0.114. The summed E-state index contributed by atoms with van der Waals surface area (Å²) in [6.07, 6.45) is 7.83. The third-order valence-corrected chi connectivity index (χ3v) is 2.32. The molecule has 0 aromatic heterocycles. The Morgan fingerprint density at radius 1 is 0.765 bits per heavy atom. The summed E-state index contributed by atoms with van der Waals surface area (Å²) in [6.45, 7) is 8.17. The van der Waals surface area contributed by atoms with Gasteiger partial charge in [0.15, 0.2) is 0 Å². The Labute approximate surface area is 103 Å². The van der Waals surface area contributed by atoms with E-state index < -0.39 is 0 Å². The summed E-state index contributed by atoms with van der Waals surface area (Å²) in [5.74, 6) is -0.228. The van der Waals surface area contributed by atoms with Gasteiger partial charge < -0.3 is 10.6 Å². The molecular formula is C13H22N2O2. The zero-order valence-electron chi connectivity index (χ0n) is 10.3. The van der Waals surface area contributed by atoms with Gasteiger partial charge in [0.2, 0.25) is 11.8 Å². The van der Waals surface area contributed by atoms with E-state index >= 15 is 0 Å². The molecule has 0 heterocycles. The van der Waals surface area contributed by atoms with Crippen LogP contribution in [0.5, 0.6) is 0 Å². The van der Waals surface area contributed by atoms with Crippen LogP contribution in [0.1, 0.15) is 32.1 Å². The zero-order chi connectivity index (χ0) is 12.9. The summed E-state index contributed by atoms with van der Waals surface area (Å²) in [4.78, 5) is 21.6. The highest BCUT2D eigenvalue weighted by Gasteiger charge is 1.95. The van der Waals surface area contributed by atoms with E-state index in [2.05, 4.69) is 23.8 Å². The van der Waals surface area contributed by atoms with Gasteiger partial charge in [-0.25, -0.2) is 0 Å². The Morgan fingerprint density at radius 3 is 1.47 bits per heavy atom. The van der Waals surface area contributed by atoms with Crippen LogP contribution in [0.3, 0.4) is 0 Å². The number of carbonyl (C=O) groups is 2. The maximum Gasteiger partial charge on any atom is 0.243 e.